The van der Waals surface area contributed by atoms with Crippen LogP contribution in [0.25, 0.3) is 0 Å². The smallest absolute Gasteiger partial charge is 0.319 e. The van der Waals surface area contributed by atoms with Crippen LogP contribution in [0.4, 0.5) is 16.2 Å². The van der Waals surface area contributed by atoms with Gasteiger partial charge in [-0.2, -0.15) is 5.10 Å². The van der Waals surface area contributed by atoms with Gasteiger partial charge in [0.1, 0.15) is 5.75 Å². The van der Waals surface area contributed by atoms with Crippen molar-refractivity contribution in [2.75, 3.05) is 17.7 Å². The van der Waals surface area contributed by atoms with Crippen molar-refractivity contribution in [3.8, 4) is 5.75 Å². The fourth-order valence-electron chi connectivity index (χ4n) is 2.41. The van der Waals surface area contributed by atoms with Crippen LogP contribution in [0.3, 0.4) is 0 Å². The van der Waals surface area contributed by atoms with E-state index in [4.69, 9.17) is 4.74 Å². The zero-order valence-electron chi connectivity index (χ0n) is 14.8. The first kappa shape index (κ1) is 18.3. The van der Waals surface area contributed by atoms with E-state index in [1.54, 1.807) is 18.2 Å². The number of hydrogen-bond donors (Lipinski definition) is 4. The lowest BCUT2D eigenvalue weighted by Gasteiger charge is -2.15. The van der Waals surface area contributed by atoms with Crippen LogP contribution in [0.2, 0.25) is 0 Å². The molecule has 8 nitrogen and oxygen atoms in total. The minimum Gasteiger partial charge on any atom is -0.495 e. The lowest BCUT2D eigenvalue weighted by atomic mass is 10.2. The largest absolute Gasteiger partial charge is 0.495 e. The lowest BCUT2D eigenvalue weighted by molar-refractivity contribution is -0.114. The van der Waals surface area contributed by atoms with Crippen molar-refractivity contribution in [2.45, 2.75) is 33.2 Å². The Kier molecular flexibility index (Phi) is 5.99. The van der Waals surface area contributed by atoms with Crippen molar-refractivity contribution >= 4 is 23.3 Å². The number of rotatable bonds is 6. The Morgan fingerprint density at radius 1 is 1.28 bits per heavy atom. The minimum atomic E-state index is -0.335. The summed E-state index contributed by atoms with van der Waals surface area (Å²) in [6.45, 7) is 5.24. The van der Waals surface area contributed by atoms with Crippen LogP contribution < -0.4 is 20.7 Å². The highest BCUT2D eigenvalue weighted by Gasteiger charge is 2.12. The average Bonchev–Trinajstić information content (AvgIpc) is 2.91. The summed E-state index contributed by atoms with van der Waals surface area (Å²) in [6, 6.07) is 6.54. The van der Waals surface area contributed by atoms with Gasteiger partial charge >= 0.3 is 6.03 Å². The number of benzene rings is 1. The highest BCUT2D eigenvalue weighted by Crippen LogP contribution is 2.27. The lowest BCUT2D eigenvalue weighted by Crippen LogP contribution is -2.37. The second-order valence-corrected chi connectivity index (χ2v) is 5.84. The van der Waals surface area contributed by atoms with Crippen molar-refractivity contribution in [3.05, 3.63) is 35.7 Å². The Morgan fingerprint density at radius 2 is 2.04 bits per heavy atom. The SMILES string of the molecule is COc1ccc(NC(=O)NC(C)Cc2cc(C)[nH]n2)cc1NC(C)=O. The maximum absolute atomic E-state index is 12.1. The van der Waals surface area contributed by atoms with E-state index in [0.717, 1.165) is 11.4 Å². The molecule has 0 aliphatic heterocycles. The molecule has 1 unspecified atom stereocenters. The van der Waals surface area contributed by atoms with Gasteiger partial charge in [0.05, 0.1) is 18.5 Å². The third kappa shape index (κ3) is 5.52. The van der Waals surface area contributed by atoms with Gasteiger partial charge in [-0.1, -0.05) is 0 Å². The molecule has 3 amide bonds. The summed E-state index contributed by atoms with van der Waals surface area (Å²) >= 11 is 0. The number of H-pyrrole nitrogens is 1. The fourth-order valence-corrected chi connectivity index (χ4v) is 2.41. The molecule has 8 heteroatoms. The first-order valence-electron chi connectivity index (χ1n) is 7.91. The van der Waals surface area contributed by atoms with Crippen LogP contribution in [0.15, 0.2) is 24.3 Å². The first-order valence-corrected chi connectivity index (χ1v) is 7.91. The number of aromatic amines is 1. The van der Waals surface area contributed by atoms with Gasteiger partial charge in [-0.15, -0.1) is 0 Å². The molecule has 0 saturated heterocycles. The summed E-state index contributed by atoms with van der Waals surface area (Å²) in [6.07, 6.45) is 0.623. The third-order valence-electron chi connectivity index (χ3n) is 3.42. The normalized spacial score (nSPS) is 11.5. The second-order valence-electron chi connectivity index (χ2n) is 5.84. The fraction of sp³-hybridized carbons (Fsp3) is 0.353. The van der Waals surface area contributed by atoms with Crippen LogP contribution in [-0.2, 0) is 11.2 Å². The van der Waals surface area contributed by atoms with Crippen LogP contribution in [-0.4, -0.2) is 35.3 Å². The number of carbonyl (C=O) groups is 2. The molecule has 134 valence electrons. The van der Waals surface area contributed by atoms with Crippen LogP contribution >= 0.6 is 0 Å². The summed E-state index contributed by atoms with van der Waals surface area (Å²) in [5.41, 5.74) is 2.91. The maximum Gasteiger partial charge on any atom is 0.319 e. The highest BCUT2D eigenvalue weighted by atomic mass is 16.5. The Labute approximate surface area is 146 Å². The Hall–Kier alpha value is -3.03. The zero-order chi connectivity index (χ0) is 18.4. The summed E-state index contributed by atoms with van der Waals surface area (Å²) < 4.78 is 5.19. The summed E-state index contributed by atoms with van der Waals surface area (Å²) in [5.74, 6) is 0.297. The van der Waals surface area contributed by atoms with Gasteiger partial charge in [-0.25, -0.2) is 4.79 Å². The number of urea groups is 1. The van der Waals surface area contributed by atoms with Gasteiger partial charge in [0.25, 0.3) is 0 Å². The Morgan fingerprint density at radius 3 is 2.64 bits per heavy atom. The average molecular weight is 345 g/mol. The summed E-state index contributed by atoms with van der Waals surface area (Å²) in [5, 5.41) is 15.3. The molecular weight excluding hydrogens is 322 g/mol. The number of aryl methyl sites for hydroxylation is 1. The molecule has 0 saturated carbocycles. The minimum absolute atomic E-state index is 0.0873. The number of nitrogens with zero attached hydrogens (tertiary/aromatic N) is 1. The molecule has 25 heavy (non-hydrogen) atoms. The van der Waals surface area contributed by atoms with E-state index in [0.29, 0.717) is 23.5 Å². The quantitative estimate of drug-likeness (QED) is 0.645. The number of hydrogen-bond acceptors (Lipinski definition) is 4. The van der Waals surface area contributed by atoms with Crippen LogP contribution in [0, 0.1) is 6.92 Å². The van der Waals surface area contributed by atoms with Crippen molar-refractivity contribution in [1.82, 2.24) is 15.5 Å². The van der Waals surface area contributed by atoms with Gasteiger partial charge in [0.15, 0.2) is 0 Å². The molecule has 1 heterocycles. The molecule has 0 fully saturated rings. The summed E-state index contributed by atoms with van der Waals surface area (Å²) in [4.78, 5) is 23.4. The van der Waals surface area contributed by atoms with E-state index >= 15 is 0 Å². The van der Waals surface area contributed by atoms with Crippen molar-refractivity contribution in [3.63, 3.8) is 0 Å². The van der Waals surface area contributed by atoms with Gasteiger partial charge < -0.3 is 20.7 Å². The predicted molar refractivity (Wildman–Crippen MR) is 95.9 cm³/mol. The van der Waals surface area contributed by atoms with E-state index < -0.39 is 0 Å². The molecule has 0 aliphatic carbocycles. The number of amides is 3. The number of aromatic nitrogens is 2. The van der Waals surface area contributed by atoms with Gasteiger partial charge in [-0.05, 0) is 38.1 Å². The Bertz CT molecular complexity index is 756. The van der Waals surface area contributed by atoms with Gasteiger partial charge in [-0.3, -0.25) is 9.89 Å². The molecule has 0 spiro atoms. The standard InChI is InChI=1S/C17H23N5O3/c1-10(7-14-8-11(2)21-22-14)18-17(24)20-13-5-6-16(25-4)15(9-13)19-12(3)23/h5-6,8-10H,7H2,1-4H3,(H,19,23)(H,21,22)(H2,18,20,24). The number of methoxy groups -OCH3 is 1. The highest BCUT2D eigenvalue weighted by molar-refractivity contribution is 5.94. The molecule has 4 N–H and O–H groups in total. The van der Waals surface area contributed by atoms with Gasteiger partial charge in [0, 0.05) is 30.8 Å². The second kappa shape index (κ2) is 8.18. The number of anilines is 2. The molecule has 1 atom stereocenters. The molecule has 2 aromatic rings. The van der Waals surface area contributed by atoms with Crippen molar-refractivity contribution < 1.29 is 14.3 Å². The van der Waals surface area contributed by atoms with Crippen molar-refractivity contribution in [2.24, 2.45) is 0 Å². The van der Waals surface area contributed by atoms with Crippen LogP contribution in [0.5, 0.6) is 5.75 Å². The molecule has 2 rings (SSSR count). The maximum atomic E-state index is 12.1. The zero-order valence-corrected chi connectivity index (χ0v) is 14.8. The molecule has 0 radical (unpaired) electrons. The van der Waals surface area contributed by atoms with E-state index in [2.05, 4.69) is 26.1 Å². The number of ether oxygens (including phenoxy) is 1. The number of carbonyl (C=O) groups excluding carboxylic acids is 2. The molecule has 1 aromatic heterocycles. The predicted octanol–water partition coefficient (Wildman–Crippen LogP) is 2.44. The molecule has 1 aromatic carbocycles. The molecule has 0 bridgehead atoms. The Balaban J connectivity index is 1.96. The summed E-state index contributed by atoms with van der Waals surface area (Å²) in [7, 11) is 1.51. The van der Waals surface area contributed by atoms with Crippen LogP contribution in [0.1, 0.15) is 25.2 Å². The van der Waals surface area contributed by atoms with E-state index in [-0.39, 0.29) is 18.0 Å². The first-order chi connectivity index (χ1) is 11.9. The third-order valence-corrected chi connectivity index (χ3v) is 3.42. The van der Waals surface area contributed by atoms with E-state index in [9.17, 15) is 9.59 Å². The number of nitrogens with one attached hydrogen (secondary N) is 4. The van der Waals surface area contributed by atoms with E-state index in [1.807, 2.05) is 19.9 Å². The van der Waals surface area contributed by atoms with Gasteiger partial charge in [0.2, 0.25) is 5.91 Å². The van der Waals surface area contributed by atoms with Crippen molar-refractivity contribution in [1.29, 1.82) is 0 Å². The topological polar surface area (TPSA) is 108 Å². The molecular formula is C17H23N5O3. The molecule has 0 aliphatic rings. The monoisotopic (exact) mass is 345 g/mol. The van der Waals surface area contributed by atoms with E-state index in [1.165, 1.54) is 14.0 Å².